The smallest absolute Gasteiger partial charge is 0.171 e. The van der Waals surface area contributed by atoms with Gasteiger partial charge in [-0.2, -0.15) is 0 Å². The van der Waals surface area contributed by atoms with Gasteiger partial charge in [-0.25, -0.2) is 4.68 Å². The predicted molar refractivity (Wildman–Crippen MR) is 102 cm³/mol. The average molecular weight is 355 g/mol. The first-order valence-electron chi connectivity index (χ1n) is 10.1. The van der Waals surface area contributed by atoms with Crippen LogP contribution in [0.5, 0.6) is 0 Å². The number of rotatable bonds is 5. The van der Waals surface area contributed by atoms with Crippen molar-refractivity contribution in [2.45, 2.75) is 51.1 Å². The van der Waals surface area contributed by atoms with Gasteiger partial charge in [0.05, 0.1) is 12.1 Å². The van der Waals surface area contributed by atoms with Crippen molar-refractivity contribution in [2.24, 2.45) is 0 Å². The lowest BCUT2D eigenvalue weighted by Crippen LogP contribution is -2.48. The zero-order valence-corrected chi connectivity index (χ0v) is 15.8. The lowest BCUT2D eigenvalue weighted by atomic mass is 9.93. The first-order valence-corrected chi connectivity index (χ1v) is 10.1. The van der Waals surface area contributed by atoms with Crippen LogP contribution in [0.25, 0.3) is 0 Å². The Morgan fingerprint density at radius 2 is 1.77 bits per heavy atom. The van der Waals surface area contributed by atoms with Crippen LogP contribution in [0.2, 0.25) is 0 Å². The summed E-state index contributed by atoms with van der Waals surface area (Å²) in [4.78, 5) is 5.26. The molecule has 4 rings (SSSR count). The molecule has 6 heteroatoms. The quantitative estimate of drug-likeness (QED) is 0.826. The largest absolute Gasteiger partial charge is 0.302 e. The molecule has 1 saturated heterocycles. The van der Waals surface area contributed by atoms with Crippen molar-refractivity contribution in [3.63, 3.8) is 0 Å². The molecule has 1 aliphatic carbocycles. The zero-order chi connectivity index (χ0) is 17.8. The summed E-state index contributed by atoms with van der Waals surface area (Å²) in [7, 11) is 0. The fourth-order valence-electron chi connectivity index (χ4n) is 4.76. The van der Waals surface area contributed by atoms with Gasteiger partial charge in [0.1, 0.15) is 0 Å². The minimum atomic E-state index is 0.0159. The van der Waals surface area contributed by atoms with E-state index in [2.05, 4.69) is 62.6 Å². The molecular weight excluding hydrogens is 324 g/mol. The minimum absolute atomic E-state index is 0.0159. The van der Waals surface area contributed by atoms with E-state index in [1.54, 1.807) is 0 Å². The standard InChI is InChI=1S/C20H30N6/c1-2-24-13-8-14-25(16-15-24)20(11-6-7-12-20)19-21-22-23-26(19)17-18-9-4-3-5-10-18/h3-5,9-10H,2,6-8,11-17H2,1H3. The Labute approximate surface area is 156 Å². The molecular formula is C20H30N6. The second-order valence-corrected chi connectivity index (χ2v) is 7.66. The van der Waals surface area contributed by atoms with E-state index >= 15 is 0 Å². The molecule has 0 N–H and O–H groups in total. The van der Waals surface area contributed by atoms with Crippen LogP contribution in [0.1, 0.15) is 50.4 Å². The van der Waals surface area contributed by atoms with Crippen LogP contribution < -0.4 is 0 Å². The van der Waals surface area contributed by atoms with Crippen molar-refractivity contribution >= 4 is 0 Å². The molecule has 0 atom stereocenters. The van der Waals surface area contributed by atoms with E-state index in [1.165, 1.54) is 44.2 Å². The van der Waals surface area contributed by atoms with Crippen LogP contribution in [0.15, 0.2) is 30.3 Å². The van der Waals surface area contributed by atoms with Gasteiger partial charge in [0.25, 0.3) is 0 Å². The zero-order valence-electron chi connectivity index (χ0n) is 15.8. The summed E-state index contributed by atoms with van der Waals surface area (Å²) in [6.45, 7) is 8.78. The molecule has 0 amide bonds. The SMILES string of the molecule is CCN1CCCN(C2(c3nnnn3Cc3ccccc3)CCCC2)CC1. The second kappa shape index (κ2) is 7.84. The summed E-state index contributed by atoms with van der Waals surface area (Å²) >= 11 is 0. The Hall–Kier alpha value is -1.79. The second-order valence-electron chi connectivity index (χ2n) is 7.66. The van der Waals surface area contributed by atoms with Crippen LogP contribution in [0.4, 0.5) is 0 Å². The molecule has 0 radical (unpaired) electrons. The summed E-state index contributed by atoms with van der Waals surface area (Å²) in [5.74, 6) is 1.07. The Balaban J connectivity index is 1.62. The van der Waals surface area contributed by atoms with Gasteiger partial charge in [0.2, 0.25) is 0 Å². The molecule has 1 aromatic carbocycles. The topological polar surface area (TPSA) is 50.1 Å². The third-order valence-electron chi connectivity index (χ3n) is 6.20. The summed E-state index contributed by atoms with van der Waals surface area (Å²) < 4.78 is 2.04. The van der Waals surface area contributed by atoms with Crippen molar-refractivity contribution in [3.8, 4) is 0 Å². The van der Waals surface area contributed by atoms with Gasteiger partial charge < -0.3 is 4.90 Å². The van der Waals surface area contributed by atoms with Gasteiger partial charge in [-0.1, -0.05) is 50.1 Å². The normalized spacial score (nSPS) is 21.7. The first kappa shape index (κ1) is 17.6. The predicted octanol–water partition coefficient (Wildman–Crippen LogP) is 2.52. The highest BCUT2D eigenvalue weighted by Gasteiger charge is 2.45. The fourth-order valence-corrected chi connectivity index (χ4v) is 4.76. The van der Waals surface area contributed by atoms with Crippen LogP contribution in [-0.2, 0) is 12.1 Å². The minimum Gasteiger partial charge on any atom is -0.302 e. The maximum Gasteiger partial charge on any atom is 0.171 e. The van der Waals surface area contributed by atoms with Gasteiger partial charge in [0.15, 0.2) is 5.82 Å². The van der Waals surface area contributed by atoms with Crippen LogP contribution in [0.3, 0.4) is 0 Å². The molecule has 0 unspecified atom stereocenters. The fraction of sp³-hybridized carbons (Fsp3) is 0.650. The number of likely N-dealkylation sites (N-methyl/N-ethyl adjacent to an activating group) is 1. The van der Waals surface area contributed by atoms with Gasteiger partial charge >= 0.3 is 0 Å². The monoisotopic (exact) mass is 354 g/mol. The third-order valence-corrected chi connectivity index (χ3v) is 6.20. The number of nitrogens with zero attached hydrogens (tertiary/aromatic N) is 6. The summed E-state index contributed by atoms with van der Waals surface area (Å²) in [5, 5.41) is 13.0. The Bertz CT molecular complexity index is 691. The number of tetrazole rings is 1. The first-order chi connectivity index (χ1) is 12.8. The molecule has 2 fully saturated rings. The number of hydrogen-bond donors (Lipinski definition) is 0. The van der Waals surface area contributed by atoms with E-state index < -0.39 is 0 Å². The molecule has 0 bridgehead atoms. The lowest BCUT2D eigenvalue weighted by Gasteiger charge is -2.39. The van der Waals surface area contributed by atoms with Gasteiger partial charge in [-0.05, 0) is 48.3 Å². The van der Waals surface area contributed by atoms with Crippen molar-refractivity contribution in [3.05, 3.63) is 41.7 Å². The molecule has 26 heavy (non-hydrogen) atoms. The van der Waals surface area contributed by atoms with Gasteiger partial charge in [0, 0.05) is 19.6 Å². The van der Waals surface area contributed by atoms with E-state index in [9.17, 15) is 0 Å². The van der Waals surface area contributed by atoms with Gasteiger partial charge in [-0.15, -0.1) is 5.10 Å². The number of aromatic nitrogens is 4. The van der Waals surface area contributed by atoms with E-state index in [0.717, 1.165) is 38.5 Å². The third kappa shape index (κ3) is 3.40. The van der Waals surface area contributed by atoms with Gasteiger partial charge in [-0.3, -0.25) is 4.90 Å². The highest BCUT2D eigenvalue weighted by atomic mass is 15.6. The van der Waals surface area contributed by atoms with E-state index in [4.69, 9.17) is 0 Å². The molecule has 2 aromatic rings. The van der Waals surface area contributed by atoms with E-state index in [0.29, 0.717) is 0 Å². The molecule has 2 heterocycles. The van der Waals surface area contributed by atoms with Crippen molar-refractivity contribution in [2.75, 3.05) is 32.7 Å². The van der Waals surface area contributed by atoms with E-state index in [-0.39, 0.29) is 5.54 Å². The van der Waals surface area contributed by atoms with E-state index in [1.807, 2.05) is 4.68 Å². The highest BCUT2D eigenvalue weighted by Crippen LogP contribution is 2.43. The molecule has 6 nitrogen and oxygen atoms in total. The van der Waals surface area contributed by atoms with Crippen LogP contribution in [0, 0.1) is 0 Å². The van der Waals surface area contributed by atoms with Crippen molar-refractivity contribution < 1.29 is 0 Å². The Morgan fingerprint density at radius 1 is 0.962 bits per heavy atom. The summed E-state index contributed by atoms with van der Waals surface area (Å²) in [5.41, 5.74) is 1.27. The summed E-state index contributed by atoms with van der Waals surface area (Å²) in [6.07, 6.45) is 6.12. The molecule has 140 valence electrons. The van der Waals surface area contributed by atoms with Crippen molar-refractivity contribution in [1.82, 2.24) is 30.0 Å². The Morgan fingerprint density at radius 3 is 2.54 bits per heavy atom. The maximum atomic E-state index is 4.56. The molecule has 1 aliphatic heterocycles. The van der Waals surface area contributed by atoms with Crippen LogP contribution >= 0.6 is 0 Å². The van der Waals surface area contributed by atoms with Crippen LogP contribution in [-0.4, -0.2) is 62.7 Å². The lowest BCUT2D eigenvalue weighted by molar-refractivity contribution is 0.0810. The molecule has 0 spiro atoms. The highest BCUT2D eigenvalue weighted by molar-refractivity contribution is 5.17. The molecule has 1 saturated carbocycles. The van der Waals surface area contributed by atoms with Crippen molar-refractivity contribution in [1.29, 1.82) is 0 Å². The number of hydrogen-bond acceptors (Lipinski definition) is 5. The molecule has 2 aliphatic rings. The number of benzene rings is 1. The maximum absolute atomic E-state index is 4.56. The Kier molecular flexibility index (Phi) is 5.31. The summed E-state index contributed by atoms with van der Waals surface area (Å²) in [6, 6.07) is 10.5. The average Bonchev–Trinajstić information content (AvgIpc) is 3.27. The molecule has 1 aromatic heterocycles.